The van der Waals surface area contributed by atoms with Crippen LogP contribution in [-0.2, 0) is 20.1 Å². The average Bonchev–Trinajstić information content (AvgIpc) is 2.72. The summed E-state index contributed by atoms with van der Waals surface area (Å²) in [6, 6.07) is 17.2. The van der Waals surface area contributed by atoms with Gasteiger partial charge in [0.05, 0.1) is 0 Å². The molecule has 0 saturated carbocycles. The molecule has 0 radical (unpaired) electrons. The third-order valence-corrected chi connectivity index (χ3v) is 4.83. The maximum atomic E-state index is 12.0. The van der Waals surface area contributed by atoms with E-state index in [1.54, 1.807) is 30.0 Å². The van der Waals surface area contributed by atoms with E-state index < -0.39 is 12.1 Å². The van der Waals surface area contributed by atoms with Gasteiger partial charge in [0, 0.05) is 18.1 Å². The molecule has 6 nitrogen and oxygen atoms in total. The van der Waals surface area contributed by atoms with Gasteiger partial charge in [-0.3, -0.25) is 4.79 Å². The smallest absolute Gasteiger partial charge is 0.351 e. The molecule has 0 unspecified atom stereocenters. The van der Waals surface area contributed by atoms with E-state index in [2.05, 4.69) is 17.4 Å². The van der Waals surface area contributed by atoms with Crippen molar-refractivity contribution in [1.29, 1.82) is 0 Å². The van der Waals surface area contributed by atoms with Crippen LogP contribution in [0.4, 0.5) is 0 Å². The summed E-state index contributed by atoms with van der Waals surface area (Å²) < 4.78 is 16.0. The summed E-state index contributed by atoms with van der Waals surface area (Å²) in [5, 5.41) is 2.73. The first-order valence-corrected chi connectivity index (χ1v) is 9.81. The molecule has 3 rings (SSSR count). The van der Waals surface area contributed by atoms with Crippen LogP contribution in [0, 0.1) is 0 Å². The Kier molecular flexibility index (Phi) is 6.98. The fourth-order valence-corrected chi connectivity index (χ4v) is 3.26. The van der Waals surface area contributed by atoms with Crippen LogP contribution in [-0.4, -0.2) is 43.5 Å². The summed E-state index contributed by atoms with van der Waals surface area (Å²) in [5.41, 5.74) is 1.25. The second-order valence-corrected chi connectivity index (χ2v) is 6.97. The van der Waals surface area contributed by atoms with Crippen LogP contribution in [0.3, 0.4) is 0 Å². The Hall–Kier alpha value is -2.67. The number of hydrogen-bond donors (Lipinski definition) is 1. The number of benzene rings is 2. The molecule has 7 heteroatoms. The van der Waals surface area contributed by atoms with Crippen LogP contribution >= 0.6 is 11.8 Å². The van der Waals surface area contributed by atoms with E-state index in [0.717, 1.165) is 11.5 Å². The Balaban J connectivity index is 1.29. The lowest BCUT2D eigenvalue weighted by Crippen LogP contribution is -2.40. The fraction of sp³-hybridized carbons (Fsp3) is 0.300. The lowest BCUT2D eigenvalue weighted by molar-refractivity contribution is -0.157. The first-order chi connectivity index (χ1) is 13.2. The normalized spacial score (nSPS) is 15.0. The van der Waals surface area contributed by atoms with E-state index in [1.165, 1.54) is 5.56 Å². The molecule has 1 heterocycles. The van der Waals surface area contributed by atoms with Gasteiger partial charge in [-0.25, -0.2) is 4.79 Å². The quantitative estimate of drug-likeness (QED) is 0.554. The highest BCUT2D eigenvalue weighted by Crippen LogP contribution is 2.31. The number of carbonyl (C=O) groups excluding carboxylic acids is 2. The van der Waals surface area contributed by atoms with Crippen molar-refractivity contribution in [2.24, 2.45) is 0 Å². The molecule has 0 fully saturated rings. The van der Waals surface area contributed by atoms with Crippen LogP contribution in [0.5, 0.6) is 11.5 Å². The van der Waals surface area contributed by atoms with Crippen LogP contribution < -0.4 is 14.8 Å². The van der Waals surface area contributed by atoms with Gasteiger partial charge in [0.15, 0.2) is 18.1 Å². The van der Waals surface area contributed by atoms with E-state index in [9.17, 15) is 9.59 Å². The fourth-order valence-electron chi connectivity index (χ4n) is 2.44. The molecule has 1 atom stereocenters. The number of carbonyl (C=O) groups is 2. The topological polar surface area (TPSA) is 73.9 Å². The lowest BCUT2D eigenvalue weighted by atomic mass is 10.2. The molecule has 142 valence electrons. The van der Waals surface area contributed by atoms with E-state index in [4.69, 9.17) is 14.2 Å². The monoisotopic (exact) mass is 387 g/mol. The highest BCUT2D eigenvalue weighted by atomic mass is 32.2. The standard InChI is InChI=1S/C20H21NO5S/c22-19(21-10-11-27-14-15-6-2-1-3-7-15)13-25-20(23)18-12-24-16-8-4-5-9-17(16)26-18/h1-9,18H,10-14H2,(H,21,22)/t18-/m0/s1. The minimum absolute atomic E-state index is 0.0631. The van der Waals surface area contributed by atoms with Crippen molar-refractivity contribution >= 4 is 23.6 Å². The SMILES string of the molecule is O=C(COC(=O)[C@@H]1COc2ccccc2O1)NCCSCc1ccccc1. The second kappa shape index (κ2) is 9.87. The summed E-state index contributed by atoms with van der Waals surface area (Å²) in [6.45, 7) is 0.252. The first-order valence-electron chi connectivity index (χ1n) is 8.66. The van der Waals surface area contributed by atoms with E-state index in [0.29, 0.717) is 18.0 Å². The molecule has 1 N–H and O–H groups in total. The molecule has 27 heavy (non-hydrogen) atoms. The van der Waals surface area contributed by atoms with Crippen LogP contribution in [0.15, 0.2) is 54.6 Å². The Bertz CT molecular complexity index is 768. The number of ether oxygens (including phenoxy) is 3. The molecule has 2 aromatic carbocycles. The Morgan fingerprint density at radius 3 is 2.63 bits per heavy atom. The molecule has 0 aliphatic carbocycles. The number of nitrogens with one attached hydrogen (secondary N) is 1. The van der Waals surface area contributed by atoms with E-state index in [1.807, 2.05) is 24.3 Å². The van der Waals surface area contributed by atoms with Crippen molar-refractivity contribution in [2.45, 2.75) is 11.9 Å². The second-order valence-electron chi connectivity index (χ2n) is 5.86. The zero-order valence-electron chi connectivity index (χ0n) is 14.8. The largest absolute Gasteiger partial charge is 0.485 e. The van der Waals surface area contributed by atoms with Gasteiger partial charge in [0.25, 0.3) is 5.91 Å². The van der Waals surface area contributed by atoms with Gasteiger partial charge in [-0.2, -0.15) is 11.8 Å². The third kappa shape index (κ3) is 5.92. The number of hydrogen-bond acceptors (Lipinski definition) is 6. The number of rotatable bonds is 8. The molecule has 0 aromatic heterocycles. The summed E-state index contributed by atoms with van der Waals surface area (Å²) in [7, 11) is 0. The molecule has 0 saturated heterocycles. The van der Waals surface area contributed by atoms with Crippen molar-refractivity contribution in [3.63, 3.8) is 0 Å². The van der Waals surface area contributed by atoms with Gasteiger partial charge < -0.3 is 19.5 Å². The zero-order valence-corrected chi connectivity index (χ0v) is 15.6. The van der Waals surface area contributed by atoms with Crippen molar-refractivity contribution in [1.82, 2.24) is 5.32 Å². The predicted octanol–water partition coefficient (Wildman–Crippen LogP) is 2.42. The number of esters is 1. The Morgan fingerprint density at radius 2 is 1.81 bits per heavy atom. The minimum Gasteiger partial charge on any atom is -0.485 e. The Morgan fingerprint density at radius 1 is 1.07 bits per heavy atom. The molecular weight excluding hydrogens is 366 g/mol. The Labute approximate surface area is 162 Å². The summed E-state index contributed by atoms with van der Waals surface area (Å²) in [6.07, 6.45) is -0.867. The maximum Gasteiger partial charge on any atom is 0.351 e. The number of amides is 1. The number of fused-ring (bicyclic) bond motifs is 1. The van der Waals surface area contributed by atoms with Gasteiger partial charge in [0.2, 0.25) is 6.10 Å². The molecule has 1 aliphatic heterocycles. The van der Waals surface area contributed by atoms with Gasteiger partial charge >= 0.3 is 5.97 Å². The summed E-state index contributed by atoms with van der Waals surface area (Å²) >= 11 is 1.73. The molecular formula is C20H21NO5S. The van der Waals surface area contributed by atoms with Crippen molar-refractivity contribution in [2.75, 3.05) is 25.5 Å². The third-order valence-electron chi connectivity index (χ3n) is 3.80. The first kappa shape index (κ1) is 19.1. The minimum atomic E-state index is -0.867. The van der Waals surface area contributed by atoms with Crippen LogP contribution in [0.1, 0.15) is 5.56 Å². The average molecular weight is 387 g/mol. The van der Waals surface area contributed by atoms with E-state index in [-0.39, 0.29) is 19.1 Å². The number of para-hydroxylation sites is 2. The van der Waals surface area contributed by atoms with Gasteiger partial charge in [-0.15, -0.1) is 0 Å². The van der Waals surface area contributed by atoms with Gasteiger partial charge in [-0.05, 0) is 17.7 Å². The summed E-state index contributed by atoms with van der Waals surface area (Å²) in [4.78, 5) is 23.8. The van der Waals surface area contributed by atoms with Gasteiger partial charge in [0.1, 0.15) is 6.61 Å². The maximum absolute atomic E-state index is 12.0. The van der Waals surface area contributed by atoms with Crippen molar-refractivity contribution < 1.29 is 23.8 Å². The van der Waals surface area contributed by atoms with Gasteiger partial charge in [-0.1, -0.05) is 42.5 Å². The molecule has 1 amide bonds. The van der Waals surface area contributed by atoms with Crippen LogP contribution in [0.2, 0.25) is 0 Å². The molecule has 2 aromatic rings. The zero-order chi connectivity index (χ0) is 18.9. The molecule has 0 bridgehead atoms. The molecule has 0 spiro atoms. The van der Waals surface area contributed by atoms with Crippen molar-refractivity contribution in [3.8, 4) is 11.5 Å². The van der Waals surface area contributed by atoms with Crippen LogP contribution in [0.25, 0.3) is 0 Å². The highest BCUT2D eigenvalue weighted by Gasteiger charge is 2.29. The molecule has 1 aliphatic rings. The number of thioether (sulfide) groups is 1. The van der Waals surface area contributed by atoms with E-state index >= 15 is 0 Å². The lowest BCUT2D eigenvalue weighted by Gasteiger charge is -2.24. The highest BCUT2D eigenvalue weighted by molar-refractivity contribution is 7.98. The van der Waals surface area contributed by atoms with Crippen molar-refractivity contribution in [3.05, 3.63) is 60.2 Å². The predicted molar refractivity (Wildman–Crippen MR) is 103 cm³/mol. The summed E-state index contributed by atoms with van der Waals surface area (Å²) in [5.74, 6) is 1.81.